The van der Waals surface area contributed by atoms with Gasteiger partial charge in [0, 0.05) is 6.20 Å². The summed E-state index contributed by atoms with van der Waals surface area (Å²) in [4.78, 5) is 15.6. The molecular weight excluding hydrogens is 232 g/mol. The van der Waals surface area contributed by atoms with E-state index in [-0.39, 0.29) is 5.91 Å². The van der Waals surface area contributed by atoms with E-state index in [1.54, 1.807) is 6.20 Å². The summed E-state index contributed by atoms with van der Waals surface area (Å²) in [6, 6.07) is 1.87. The molecule has 3 nitrogen and oxygen atoms in total. The average Bonchev–Trinajstić information content (AvgIpc) is 2.28. The highest BCUT2D eigenvalue weighted by atomic mass is 79.9. The number of aromatic nitrogens is 1. The number of carbonyl (C=O) groups is 1. The van der Waals surface area contributed by atoms with Crippen LogP contribution in [0.5, 0.6) is 0 Å². The van der Waals surface area contributed by atoms with Crippen molar-refractivity contribution in [2.45, 2.75) is 19.3 Å². The zero-order chi connectivity index (χ0) is 9.64. The minimum Gasteiger partial charge on any atom is -0.323 e. The summed E-state index contributed by atoms with van der Waals surface area (Å²) in [5, 5.41) is 2.81. The van der Waals surface area contributed by atoms with Crippen molar-refractivity contribution in [1.82, 2.24) is 4.98 Å². The number of pyridine rings is 1. The highest BCUT2D eigenvalue weighted by Gasteiger charge is 2.39. The lowest BCUT2D eigenvalue weighted by atomic mass is 9.87. The second-order valence-corrected chi connectivity index (χ2v) is 4.35. The van der Waals surface area contributed by atoms with Crippen molar-refractivity contribution in [3.8, 4) is 0 Å². The first-order valence-corrected chi connectivity index (χ1v) is 4.79. The van der Waals surface area contributed by atoms with Crippen molar-refractivity contribution in [2.75, 3.05) is 5.32 Å². The predicted octanol–water partition coefficient (Wildman–Crippen LogP) is 2.07. The van der Waals surface area contributed by atoms with Gasteiger partial charge in [0.2, 0.25) is 5.91 Å². The first-order valence-electron chi connectivity index (χ1n) is 4.00. The summed E-state index contributed by atoms with van der Waals surface area (Å²) >= 11 is 3.30. The summed E-state index contributed by atoms with van der Waals surface area (Å²) in [6.07, 6.45) is 1.70. The molecule has 68 valence electrons. The van der Waals surface area contributed by atoms with Gasteiger partial charge in [-0.15, -0.1) is 0 Å². The second kappa shape index (κ2) is 2.54. The molecule has 4 heteroatoms. The monoisotopic (exact) mass is 240 g/mol. The molecule has 0 aliphatic carbocycles. The topological polar surface area (TPSA) is 42.0 Å². The van der Waals surface area contributed by atoms with Gasteiger partial charge in [0.05, 0.1) is 11.1 Å². The number of carbonyl (C=O) groups excluding carboxylic acids is 1. The molecule has 0 bridgehead atoms. The fraction of sp³-hybridized carbons (Fsp3) is 0.333. The van der Waals surface area contributed by atoms with E-state index in [9.17, 15) is 4.79 Å². The third-order valence-electron chi connectivity index (χ3n) is 2.38. The summed E-state index contributed by atoms with van der Waals surface area (Å²) in [6.45, 7) is 3.81. The number of nitrogens with zero attached hydrogens (tertiary/aromatic N) is 1. The van der Waals surface area contributed by atoms with Gasteiger partial charge in [-0.3, -0.25) is 4.79 Å². The highest BCUT2D eigenvalue weighted by Crippen LogP contribution is 2.39. The van der Waals surface area contributed by atoms with Gasteiger partial charge in [-0.25, -0.2) is 4.98 Å². The number of amides is 1. The lowest BCUT2D eigenvalue weighted by molar-refractivity contribution is -0.119. The van der Waals surface area contributed by atoms with Crippen molar-refractivity contribution in [1.29, 1.82) is 0 Å². The van der Waals surface area contributed by atoms with Crippen molar-refractivity contribution in [3.63, 3.8) is 0 Å². The Labute approximate surface area is 84.7 Å². The maximum absolute atomic E-state index is 11.5. The van der Waals surface area contributed by atoms with Crippen molar-refractivity contribution in [2.24, 2.45) is 0 Å². The molecular formula is C9H9BrN2O. The summed E-state index contributed by atoms with van der Waals surface area (Å²) in [5.41, 5.74) is 1.36. The standard InChI is InChI=1S/C9H9BrN2O/c1-9(2)5-3-4-11-7(10)6(5)12-8(9)13/h3-4H,1-2H3,(H,12,13). The maximum atomic E-state index is 11.5. The van der Waals surface area contributed by atoms with E-state index >= 15 is 0 Å². The van der Waals surface area contributed by atoms with Gasteiger partial charge in [0.25, 0.3) is 0 Å². The normalized spacial score (nSPS) is 18.2. The molecule has 0 unspecified atom stereocenters. The van der Waals surface area contributed by atoms with E-state index in [1.807, 2.05) is 19.9 Å². The van der Waals surface area contributed by atoms with E-state index in [2.05, 4.69) is 26.2 Å². The van der Waals surface area contributed by atoms with Crippen LogP contribution >= 0.6 is 15.9 Å². The van der Waals surface area contributed by atoms with Gasteiger partial charge < -0.3 is 5.32 Å². The zero-order valence-electron chi connectivity index (χ0n) is 7.39. The molecule has 0 saturated heterocycles. The number of hydrogen-bond acceptors (Lipinski definition) is 2. The van der Waals surface area contributed by atoms with E-state index in [0.29, 0.717) is 4.60 Å². The lowest BCUT2D eigenvalue weighted by Crippen LogP contribution is -2.26. The number of fused-ring (bicyclic) bond motifs is 1. The smallest absolute Gasteiger partial charge is 0.234 e. The fourth-order valence-corrected chi connectivity index (χ4v) is 1.90. The molecule has 0 spiro atoms. The largest absolute Gasteiger partial charge is 0.323 e. The van der Waals surface area contributed by atoms with Crippen LogP contribution in [0.15, 0.2) is 16.9 Å². The van der Waals surface area contributed by atoms with Crippen LogP contribution in [0.25, 0.3) is 0 Å². The first-order chi connectivity index (χ1) is 6.03. The van der Waals surface area contributed by atoms with Gasteiger partial charge in [-0.2, -0.15) is 0 Å². The molecule has 1 aliphatic heterocycles. The quantitative estimate of drug-likeness (QED) is 0.706. The number of anilines is 1. The molecule has 2 heterocycles. The molecule has 1 N–H and O–H groups in total. The van der Waals surface area contributed by atoms with Gasteiger partial charge in [-0.05, 0) is 41.4 Å². The fourth-order valence-electron chi connectivity index (χ4n) is 1.47. The maximum Gasteiger partial charge on any atom is 0.234 e. The van der Waals surface area contributed by atoms with E-state index in [0.717, 1.165) is 11.3 Å². The zero-order valence-corrected chi connectivity index (χ0v) is 8.97. The van der Waals surface area contributed by atoms with Crippen LogP contribution in [0.3, 0.4) is 0 Å². The van der Waals surface area contributed by atoms with Crippen LogP contribution in [0, 0.1) is 0 Å². The van der Waals surface area contributed by atoms with Gasteiger partial charge in [0.15, 0.2) is 0 Å². The minimum atomic E-state index is -0.444. The second-order valence-electron chi connectivity index (χ2n) is 3.60. The first kappa shape index (κ1) is 8.69. The molecule has 2 rings (SSSR count). The molecule has 0 radical (unpaired) electrons. The van der Waals surface area contributed by atoms with E-state index in [4.69, 9.17) is 0 Å². The molecule has 1 aliphatic rings. The highest BCUT2D eigenvalue weighted by molar-refractivity contribution is 9.10. The molecule has 13 heavy (non-hydrogen) atoms. The van der Waals surface area contributed by atoms with Gasteiger partial charge in [-0.1, -0.05) is 0 Å². The third-order valence-corrected chi connectivity index (χ3v) is 2.99. The van der Waals surface area contributed by atoms with Gasteiger partial charge in [0.1, 0.15) is 4.60 Å². The number of nitrogens with one attached hydrogen (secondary N) is 1. The average molecular weight is 241 g/mol. The van der Waals surface area contributed by atoms with Crippen LogP contribution in [0.2, 0.25) is 0 Å². The van der Waals surface area contributed by atoms with Gasteiger partial charge >= 0.3 is 0 Å². The summed E-state index contributed by atoms with van der Waals surface area (Å²) < 4.78 is 0.698. The number of hydrogen-bond donors (Lipinski definition) is 1. The molecule has 1 aromatic rings. The van der Waals surface area contributed by atoms with Crippen LogP contribution in [0.4, 0.5) is 5.69 Å². The van der Waals surface area contributed by atoms with Crippen molar-refractivity contribution < 1.29 is 4.79 Å². The van der Waals surface area contributed by atoms with E-state index in [1.165, 1.54) is 0 Å². The van der Waals surface area contributed by atoms with Crippen LogP contribution < -0.4 is 5.32 Å². The van der Waals surface area contributed by atoms with E-state index < -0.39 is 5.41 Å². The molecule has 1 amide bonds. The molecule has 1 aromatic heterocycles. The minimum absolute atomic E-state index is 0.0243. The Morgan fingerprint density at radius 2 is 2.23 bits per heavy atom. The molecule has 0 saturated carbocycles. The molecule has 0 atom stereocenters. The Kier molecular flexibility index (Phi) is 1.70. The molecule has 0 aromatic carbocycles. The Morgan fingerprint density at radius 1 is 1.54 bits per heavy atom. The molecule has 0 fully saturated rings. The van der Waals surface area contributed by atoms with Crippen molar-refractivity contribution >= 4 is 27.5 Å². The number of rotatable bonds is 0. The van der Waals surface area contributed by atoms with Crippen LogP contribution in [0.1, 0.15) is 19.4 Å². The SMILES string of the molecule is CC1(C)C(=O)Nc2c1ccnc2Br. The Hall–Kier alpha value is -0.900. The Morgan fingerprint density at radius 3 is 2.85 bits per heavy atom. The van der Waals surface area contributed by atoms with Crippen LogP contribution in [-0.4, -0.2) is 10.9 Å². The third kappa shape index (κ3) is 1.09. The Balaban J connectivity index is 2.68. The number of halogens is 1. The predicted molar refractivity (Wildman–Crippen MR) is 53.6 cm³/mol. The summed E-state index contributed by atoms with van der Waals surface area (Å²) in [5.74, 6) is 0.0243. The summed E-state index contributed by atoms with van der Waals surface area (Å²) in [7, 11) is 0. The van der Waals surface area contributed by atoms with Crippen molar-refractivity contribution in [3.05, 3.63) is 22.4 Å². The van der Waals surface area contributed by atoms with Crippen LogP contribution in [-0.2, 0) is 10.2 Å². The Bertz CT molecular complexity index is 387. The lowest BCUT2D eigenvalue weighted by Gasteiger charge is -2.14.